The summed E-state index contributed by atoms with van der Waals surface area (Å²) in [5, 5.41) is 37.9. The minimum atomic E-state index is -1.63. The third-order valence-corrected chi connectivity index (χ3v) is 10.8. The highest BCUT2D eigenvalue weighted by Gasteiger charge is 2.19. The average Bonchev–Trinajstić information content (AvgIpc) is 3.74. The lowest BCUT2D eigenvalue weighted by Crippen LogP contribution is -2.30. The van der Waals surface area contributed by atoms with E-state index in [2.05, 4.69) is 60.1 Å². The smallest absolute Gasteiger partial charge is 0.490 e. The van der Waals surface area contributed by atoms with E-state index in [4.69, 9.17) is 129 Å². The summed E-state index contributed by atoms with van der Waals surface area (Å²) in [6, 6.07) is 14.3. The van der Waals surface area contributed by atoms with Crippen LogP contribution in [0.25, 0.3) is 0 Å². The van der Waals surface area contributed by atoms with Crippen LogP contribution < -0.4 is 14.9 Å². The van der Waals surface area contributed by atoms with Gasteiger partial charge in [-0.2, -0.15) is 0 Å². The van der Waals surface area contributed by atoms with Crippen molar-refractivity contribution in [3.63, 3.8) is 0 Å². The summed E-state index contributed by atoms with van der Waals surface area (Å²) in [7, 11) is 0.369. The molecule has 1 aliphatic rings. The zero-order valence-electron chi connectivity index (χ0n) is 27.7. The first-order valence-corrected chi connectivity index (χ1v) is 21.9. The van der Waals surface area contributed by atoms with Crippen LogP contribution >= 0.6 is 153 Å². The highest BCUT2D eigenvalue weighted by molar-refractivity contribution is 9.93. The second-order valence-electron chi connectivity index (χ2n) is 8.82. The lowest BCUT2D eigenvalue weighted by molar-refractivity contribution is 0.198. The molecule has 1 fully saturated rings. The topological polar surface area (TPSA) is 109 Å². The van der Waals surface area contributed by atoms with Gasteiger partial charge in [-0.15, -0.1) is 0 Å². The first kappa shape index (κ1) is 52.2. The van der Waals surface area contributed by atoms with Gasteiger partial charge in [-0.25, -0.2) is 0 Å². The van der Waals surface area contributed by atoms with Gasteiger partial charge in [0.15, 0.2) is 0 Å². The molecule has 0 bridgehead atoms. The predicted molar refractivity (Wildman–Crippen MR) is 232 cm³/mol. The summed E-state index contributed by atoms with van der Waals surface area (Å²) < 4.78 is 31.7. The van der Waals surface area contributed by atoms with Gasteiger partial charge in [-0.1, -0.05) is 105 Å². The van der Waals surface area contributed by atoms with Gasteiger partial charge in [0.05, 0.1) is 42.8 Å². The number of hydrogen-bond donors (Lipinski definition) is 4. The molecule has 1 saturated heterocycles. The van der Waals surface area contributed by atoms with E-state index >= 15 is 0 Å². The van der Waals surface area contributed by atoms with Crippen molar-refractivity contribution < 1.29 is 40.2 Å². The summed E-state index contributed by atoms with van der Waals surface area (Å²) in [6.45, 7) is 2.00. The summed E-state index contributed by atoms with van der Waals surface area (Å²) >= 11 is 57.2. The molecule has 0 amide bonds. The van der Waals surface area contributed by atoms with E-state index in [1.54, 1.807) is 37.4 Å². The Morgan fingerprint density at radius 3 is 1.46 bits per heavy atom. The Kier molecular flexibility index (Phi) is 31.4. The van der Waals surface area contributed by atoms with Crippen molar-refractivity contribution in [1.29, 1.82) is 0 Å². The molecule has 5 rings (SSSR count). The Morgan fingerprint density at radius 2 is 1.08 bits per heavy atom. The molecular weight excluding hydrogens is 1120 g/mol. The van der Waals surface area contributed by atoms with Crippen molar-refractivity contribution in [3.05, 3.63) is 104 Å². The maximum Gasteiger partial charge on any atom is 0.490 e. The molecule has 0 saturated carbocycles. The summed E-state index contributed by atoms with van der Waals surface area (Å²) in [5.41, 5.74) is 0.160. The number of phenolic OH excluding ortho intramolecular Hbond substituents is 2. The monoisotopic (exact) mass is 1140 g/mol. The van der Waals surface area contributed by atoms with Crippen molar-refractivity contribution in [2.75, 3.05) is 34.6 Å². The fraction of sp³-hybridized carbons (Fsp3) is 0.226. The highest BCUT2D eigenvalue weighted by atomic mass is 80.9. The number of phenols is 2. The van der Waals surface area contributed by atoms with Crippen molar-refractivity contribution in [3.8, 4) is 23.0 Å². The number of rotatable bonds is 3. The maximum absolute atomic E-state index is 9.96. The molecule has 0 unspecified atom stereocenters. The van der Waals surface area contributed by atoms with Crippen LogP contribution in [0.1, 0.15) is 14.2 Å². The van der Waals surface area contributed by atoms with Gasteiger partial charge in [0.25, 0.3) is 0 Å². The van der Waals surface area contributed by atoms with Crippen LogP contribution in [-0.4, -0.2) is 62.0 Å². The standard InChI is InChI=1S/C7H7BCl2O3.C7H5BrCl2O.C6H3BrCl2O.C6H4Cl2O.C4H8O.CH3F.Br2/c1-13-5-3-2-4(8(11)12)6(9)7(5)10;1-11-5-3-2-4(8)6(9)7(5)10;7-3-1-2-4(10)6(9)5(3)8;7-4-2-1-3-5(9)6(4)8;1-2-4-5-3-1;2*1-2/h2-3,11-12H,1H3;2-3H,1H3;1-2,10H;1-3,9H;1-4H2;1H3;/i;;;;;1D;. The molecule has 4 N–H and O–H groups in total. The number of alkyl halides is 1. The number of methoxy groups -OCH3 is 2. The lowest BCUT2D eigenvalue weighted by atomic mass is 9.80. The molecule has 0 spiro atoms. The fourth-order valence-corrected chi connectivity index (χ4v) is 5.50. The minimum Gasteiger partial charge on any atom is -0.506 e. The summed E-state index contributed by atoms with van der Waals surface area (Å²) in [4.78, 5) is 0. The quantitative estimate of drug-likeness (QED) is 0.120. The molecule has 0 aromatic heterocycles. The second-order valence-corrected chi connectivity index (χ2v) is 13.6. The largest absolute Gasteiger partial charge is 0.506 e. The van der Waals surface area contributed by atoms with Crippen LogP contribution in [0.3, 0.4) is 0 Å². The second kappa shape index (κ2) is 31.3. The number of ether oxygens (including phenoxy) is 3. The molecule has 0 atom stereocenters. The number of halogens is 13. The van der Waals surface area contributed by atoms with E-state index < -0.39 is 14.3 Å². The van der Waals surface area contributed by atoms with Gasteiger partial charge >= 0.3 is 7.12 Å². The highest BCUT2D eigenvalue weighted by Crippen LogP contribution is 2.37. The Balaban J connectivity index is 0. The summed E-state index contributed by atoms with van der Waals surface area (Å²) in [6.07, 6.45) is 2.56. The minimum absolute atomic E-state index is 0.00475. The van der Waals surface area contributed by atoms with Crippen LogP contribution in [-0.2, 0) is 4.74 Å². The van der Waals surface area contributed by atoms with E-state index in [-0.39, 0.29) is 37.1 Å². The average molecular weight is 1150 g/mol. The van der Waals surface area contributed by atoms with E-state index in [0.717, 1.165) is 17.7 Å². The van der Waals surface area contributed by atoms with E-state index in [1.807, 2.05) is 0 Å². The van der Waals surface area contributed by atoms with Gasteiger partial charge < -0.3 is 34.5 Å². The van der Waals surface area contributed by atoms with Crippen LogP contribution in [0.2, 0.25) is 40.2 Å². The zero-order chi connectivity index (χ0) is 41.3. The molecule has 52 heavy (non-hydrogen) atoms. The third-order valence-electron chi connectivity index (χ3n) is 5.57. The Hall–Kier alpha value is 0.195. The number of hydrogen-bond acceptors (Lipinski definition) is 7. The van der Waals surface area contributed by atoms with Gasteiger partial charge in [-0.3, -0.25) is 4.39 Å². The molecule has 21 heteroatoms. The Bertz CT molecular complexity index is 1600. The predicted octanol–water partition coefficient (Wildman–Crippen LogP) is 13.7. The molecule has 0 radical (unpaired) electrons. The first-order valence-electron chi connectivity index (χ1n) is 14.3. The van der Waals surface area contributed by atoms with Crippen molar-refractivity contribution in [2.24, 2.45) is 0 Å². The molecule has 4 aromatic carbocycles. The molecule has 7 nitrogen and oxygen atoms in total. The molecule has 1 aliphatic heterocycles. The molecular formula is C31H30BBr4Cl8FO7. The van der Waals surface area contributed by atoms with Crippen LogP contribution in [0.5, 0.6) is 23.0 Å². The van der Waals surface area contributed by atoms with Crippen molar-refractivity contribution in [2.45, 2.75) is 12.8 Å². The Morgan fingerprint density at radius 1 is 0.654 bits per heavy atom. The van der Waals surface area contributed by atoms with Crippen molar-refractivity contribution >= 4 is 166 Å². The fourth-order valence-electron chi connectivity index (χ4n) is 3.09. The molecule has 290 valence electrons. The maximum atomic E-state index is 9.96. The third kappa shape index (κ3) is 19.9. The summed E-state index contributed by atoms with van der Waals surface area (Å²) in [5.74, 6) is 0.995. The van der Waals surface area contributed by atoms with E-state index in [0.29, 0.717) is 36.1 Å². The van der Waals surface area contributed by atoms with E-state index in [1.165, 1.54) is 44.2 Å². The van der Waals surface area contributed by atoms with Crippen LogP contribution in [0.15, 0.2) is 63.5 Å². The van der Waals surface area contributed by atoms with Crippen LogP contribution in [0, 0.1) is 0 Å². The zero-order valence-corrected chi connectivity index (χ0v) is 39.1. The lowest BCUT2D eigenvalue weighted by Gasteiger charge is -2.08. The van der Waals surface area contributed by atoms with Gasteiger partial charge in [-0.05, 0) is 87.2 Å². The SMILES string of the molecule is BrBr.C1CCOC1.COc1ccc(B(O)O)c(Cl)c1Cl.COc1ccc(Br)c(Cl)c1Cl.Oc1ccc(Br)c(Cl)c1Cl.Oc1cccc(Cl)c1Cl.[2H]CF. The van der Waals surface area contributed by atoms with Gasteiger partial charge in [0.1, 0.15) is 43.1 Å². The molecule has 1 heterocycles. The molecule has 4 aromatic rings. The number of benzene rings is 4. The van der Waals surface area contributed by atoms with Gasteiger partial charge in [0.2, 0.25) is 0 Å². The van der Waals surface area contributed by atoms with E-state index in [9.17, 15) is 4.39 Å². The normalized spacial score (nSPS) is 10.9. The van der Waals surface area contributed by atoms with Gasteiger partial charge in [0, 0.05) is 55.9 Å². The number of aromatic hydroxyl groups is 2. The van der Waals surface area contributed by atoms with Crippen LogP contribution in [0.4, 0.5) is 4.39 Å². The Labute approximate surface area is 376 Å². The molecule has 0 aliphatic carbocycles. The first-order chi connectivity index (χ1) is 25.0. The van der Waals surface area contributed by atoms with Crippen molar-refractivity contribution in [1.82, 2.24) is 0 Å².